The molecule has 2 N–H and O–H groups in total. The van der Waals surface area contributed by atoms with Gasteiger partial charge in [0, 0.05) is 32.2 Å². The van der Waals surface area contributed by atoms with E-state index in [-0.39, 0.29) is 5.91 Å². The number of anilines is 2. The van der Waals surface area contributed by atoms with Crippen LogP contribution in [-0.2, 0) is 11.3 Å². The van der Waals surface area contributed by atoms with E-state index in [0.29, 0.717) is 24.4 Å². The van der Waals surface area contributed by atoms with E-state index in [2.05, 4.69) is 20.7 Å². The Morgan fingerprint density at radius 2 is 2.24 bits per heavy atom. The van der Waals surface area contributed by atoms with Crippen LogP contribution < -0.4 is 10.6 Å². The first-order chi connectivity index (χ1) is 10.1. The molecule has 0 unspecified atom stereocenters. The average Bonchev–Trinajstić information content (AvgIpc) is 2.92. The van der Waals surface area contributed by atoms with Gasteiger partial charge in [0.05, 0.1) is 36.3 Å². The van der Waals surface area contributed by atoms with Crippen LogP contribution in [-0.4, -0.2) is 41.4 Å². The summed E-state index contributed by atoms with van der Waals surface area (Å²) in [5.41, 5.74) is 2.72. The van der Waals surface area contributed by atoms with E-state index in [1.54, 1.807) is 37.4 Å². The van der Waals surface area contributed by atoms with Gasteiger partial charge in [-0.15, -0.1) is 0 Å². The van der Waals surface area contributed by atoms with Gasteiger partial charge in [-0.2, -0.15) is 5.10 Å². The Hall–Kier alpha value is -2.41. The normalized spacial score (nSPS) is 10.4. The summed E-state index contributed by atoms with van der Waals surface area (Å²) in [5.74, 6) is -0.224. The van der Waals surface area contributed by atoms with Gasteiger partial charge in [0.15, 0.2) is 0 Å². The summed E-state index contributed by atoms with van der Waals surface area (Å²) in [5, 5.41) is 9.95. The van der Waals surface area contributed by atoms with Crippen LogP contribution in [0.25, 0.3) is 0 Å². The van der Waals surface area contributed by atoms with Gasteiger partial charge in [-0.3, -0.25) is 14.5 Å². The molecule has 7 heteroatoms. The maximum atomic E-state index is 12.3. The Morgan fingerprint density at radius 3 is 2.95 bits per heavy atom. The summed E-state index contributed by atoms with van der Waals surface area (Å²) in [6.45, 7) is 3.09. The molecular weight excluding hydrogens is 270 g/mol. The molecule has 2 aromatic rings. The van der Waals surface area contributed by atoms with Crippen LogP contribution in [0.5, 0.6) is 0 Å². The SMILES string of the molecule is CNc1cc(C)ncc1C(=O)Nc1cnn(CCOC)c1. The lowest BCUT2D eigenvalue weighted by Gasteiger charge is -2.09. The van der Waals surface area contributed by atoms with E-state index < -0.39 is 0 Å². The summed E-state index contributed by atoms with van der Waals surface area (Å²) in [6, 6.07) is 1.83. The fourth-order valence-corrected chi connectivity index (χ4v) is 1.88. The van der Waals surface area contributed by atoms with Gasteiger partial charge in [-0.25, -0.2) is 0 Å². The zero-order valence-corrected chi connectivity index (χ0v) is 12.4. The van der Waals surface area contributed by atoms with Crippen LogP contribution in [0, 0.1) is 6.92 Å². The standard InChI is InChI=1S/C14H19N5O2/c1-10-6-13(15-2)12(8-16-10)14(20)18-11-7-17-19(9-11)4-5-21-3/h6-9H,4-5H2,1-3H3,(H,15,16)(H,18,20). The van der Waals surface area contributed by atoms with Crippen LogP contribution in [0.3, 0.4) is 0 Å². The maximum Gasteiger partial charge on any atom is 0.259 e. The number of aryl methyl sites for hydroxylation is 1. The number of methoxy groups -OCH3 is 1. The van der Waals surface area contributed by atoms with Gasteiger partial charge in [0.1, 0.15) is 0 Å². The topological polar surface area (TPSA) is 81.1 Å². The maximum absolute atomic E-state index is 12.3. The average molecular weight is 289 g/mol. The predicted molar refractivity (Wildman–Crippen MR) is 80.6 cm³/mol. The molecule has 0 radical (unpaired) electrons. The summed E-state index contributed by atoms with van der Waals surface area (Å²) in [4.78, 5) is 16.4. The van der Waals surface area contributed by atoms with Crippen molar-refractivity contribution in [3.63, 3.8) is 0 Å². The van der Waals surface area contributed by atoms with Gasteiger partial charge in [0.25, 0.3) is 5.91 Å². The number of carbonyl (C=O) groups excluding carboxylic acids is 1. The molecule has 7 nitrogen and oxygen atoms in total. The monoisotopic (exact) mass is 289 g/mol. The fraction of sp³-hybridized carbons (Fsp3) is 0.357. The van der Waals surface area contributed by atoms with Crippen molar-refractivity contribution >= 4 is 17.3 Å². The van der Waals surface area contributed by atoms with E-state index in [9.17, 15) is 4.79 Å². The summed E-state index contributed by atoms with van der Waals surface area (Å²) >= 11 is 0. The highest BCUT2D eigenvalue weighted by atomic mass is 16.5. The van der Waals surface area contributed by atoms with Crippen LogP contribution in [0.4, 0.5) is 11.4 Å². The fourth-order valence-electron chi connectivity index (χ4n) is 1.88. The zero-order chi connectivity index (χ0) is 15.2. The zero-order valence-electron chi connectivity index (χ0n) is 12.4. The lowest BCUT2D eigenvalue weighted by atomic mass is 10.2. The highest BCUT2D eigenvalue weighted by Crippen LogP contribution is 2.17. The Bertz CT molecular complexity index is 624. The Balaban J connectivity index is 2.09. The van der Waals surface area contributed by atoms with Crippen LogP contribution in [0.15, 0.2) is 24.7 Å². The minimum atomic E-state index is -0.224. The summed E-state index contributed by atoms with van der Waals surface area (Å²) < 4.78 is 6.70. The van der Waals surface area contributed by atoms with Crippen LogP contribution in [0.2, 0.25) is 0 Å². The molecule has 2 rings (SSSR count). The number of pyridine rings is 1. The van der Waals surface area contributed by atoms with Crippen molar-refractivity contribution in [2.75, 3.05) is 31.4 Å². The molecule has 0 atom stereocenters. The van der Waals surface area contributed by atoms with Crippen molar-refractivity contribution in [1.29, 1.82) is 0 Å². The number of ether oxygens (including phenoxy) is 1. The highest BCUT2D eigenvalue weighted by Gasteiger charge is 2.12. The number of carbonyl (C=O) groups is 1. The third-order valence-corrected chi connectivity index (χ3v) is 2.97. The number of rotatable bonds is 6. The molecule has 0 bridgehead atoms. The van der Waals surface area contributed by atoms with Crippen LogP contribution in [0.1, 0.15) is 16.1 Å². The third-order valence-electron chi connectivity index (χ3n) is 2.97. The number of nitrogens with one attached hydrogen (secondary N) is 2. The second-order valence-corrected chi connectivity index (χ2v) is 4.56. The minimum absolute atomic E-state index is 0.224. The molecule has 0 aliphatic carbocycles. The van der Waals surface area contributed by atoms with Crippen molar-refractivity contribution in [3.05, 3.63) is 35.9 Å². The molecule has 2 heterocycles. The lowest BCUT2D eigenvalue weighted by Crippen LogP contribution is -2.14. The first kappa shape index (κ1) is 15.0. The molecule has 0 saturated carbocycles. The first-order valence-corrected chi connectivity index (χ1v) is 6.61. The predicted octanol–water partition coefficient (Wildman–Crippen LogP) is 1.53. The molecule has 0 spiro atoms. The molecule has 0 aromatic carbocycles. The van der Waals surface area contributed by atoms with Crippen molar-refractivity contribution in [2.24, 2.45) is 0 Å². The Labute approximate surface area is 123 Å². The molecule has 0 saturated heterocycles. The molecule has 112 valence electrons. The quantitative estimate of drug-likeness (QED) is 0.843. The minimum Gasteiger partial charge on any atom is -0.387 e. The van der Waals surface area contributed by atoms with Gasteiger partial charge in [-0.05, 0) is 13.0 Å². The molecule has 0 fully saturated rings. The number of nitrogens with zero attached hydrogens (tertiary/aromatic N) is 3. The van der Waals surface area contributed by atoms with Crippen molar-refractivity contribution in [1.82, 2.24) is 14.8 Å². The molecule has 2 aromatic heterocycles. The van der Waals surface area contributed by atoms with Gasteiger partial charge < -0.3 is 15.4 Å². The van der Waals surface area contributed by atoms with E-state index in [1.165, 1.54) is 0 Å². The number of hydrogen-bond donors (Lipinski definition) is 2. The first-order valence-electron chi connectivity index (χ1n) is 6.61. The van der Waals surface area contributed by atoms with E-state index in [4.69, 9.17) is 4.74 Å². The molecule has 1 amide bonds. The number of amides is 1. The van der Waals surface area contributed by atoms with E-state index in [0.717, 1.165) is 11.4 Å². The Kier molecular flexibility index (Phi) is 4.89. The van der Waals surface area contributed by atoms with Crippen molar-refractivity contribution < 1.29 is 9.53 Å². The molecule has 0 aliphatic rings. The second kappa shape index (κ2) is 6.85. The lowest BCUT2D eigenvalue weighted by molar-refractivity contribution is 0.102. The Morgan fingerprint density at radius 1 is 1.43 bits per heavy atom. The van der Waals surface area contributed by atoms with Crippen molar-refractivity contribution in [3.8, 4) is 0 Å². The molecule has 21 heavy (non-hydrogen) atoms. The number of aromatic nitrogens is 3. The van der Waals surface area contributed by atoms with E-state index >= 15 is 0 Å². The largest absolute Gasteiger partial charge is 0.387 e. The highest BCUT2D eigenvalue weighted by molar-refractivity contribution is 6.07. The van der Waals surface area contributed by atoms with Crippen LogP contribution >= 0.6 is 0 Å². The van der Waals surface area contributed by atoms with E-state index in [1.807, 2.05) is 13.0 Å². The van der Waals surface area contributed by atoms with Gasteiger partial charge in [0.2, 0.25) is 0 Å². The molecular formula is C14H19N5O2. The summed E-state index contributed by atoms with van der Waals surface area (Å²) in [7, 11) is 3.41. The van der Waals surface area contributed by atoms with Gasteiger partial charge in [-0.1, -0.05) is 0 Å². The summed E-state index contributed by atoms with van der Waals surface area (Å²) in [6.07, 6.45) is 4.93. The second-order valence-electron chi connectivity index (χ2n) is 4.56. The number of hydrogen-bond acceptors (Lipinski definition) is 5. The molecule has 0 aliphatic heterocycles. The third kappa shape index (κ3) is 3.79. The van der Waals surface area contributed by atoms with Gasteiger partial charge >= 0.3 is 0 Å². The van der Waals surface area contributed by atoms with Crippen molar-refractivity contribution in [2.45, 2.75) is 13.5 Å². The smallest absolute Gasteiger partial charge is 0.259 e.